The summed E-state index contributed by atoms with van der Waals surface area (Å²) in [5.41, 5.74) is 0.436. The topological polar surface area (TPSA) is 98.8 Å². The Morgan fingerprint density at radius 3 is 2.27 bits per heavy atom. The Hall–Kier alpha value is -2.23. The fourth-order valence-corrected chi connectivity index (χ4v) is 4.17. The lowest BCUT2D eigenvalue weighted by Crippen LogP contribution is -2.45. The lowest BCUT2D eigenvalue weighted by atomic mass is 10.1. The molecular weight excluding hydrogens is 474 g/mol. The number of nitrogens with one attached hydrogen (secondary N) is 1. The standard InChI is InChI=1S/C21H24BrNO6S/c1-14(2)20(23-30(26,27)17-10-8-16(22)9-11-17)21(25)29-13-12-28-19-7-5-4-6-18(19)15(3)24/h4-11,14,20,23H,12-13H2,1-3H3/t20-/m0/s1. The van der Waals surface area contributed by atoms with E-state index in [9.17, 15) is 18.0 Å². The van der Waals surface area contributed by atoms with Crippen LogP contribution < -0.4 is 9.46 Å². The number of rotatable bonds is 10. The van der Waals surface area contributed by atoms with E-state index >= 15 is 0 Å². The quantitative estimate of drug-likeness (QED) is 0.306. The number of sulfonamides is 1. The molecule has 0 aromatic heterocycles. The molecule has 0 bridgehead atoms. The van der Waals surface area contributed by atoms with Gasteiger partial charge in [-0.1, -0.05) is 41.9 Å². The van der Waals surface area contributed by atoms with Crippen molar-refractivity contribution < 1.29 is 27.5 Å². The van der Waals surface area contributed by atoms with Crippen LogP contribution in [0.25, 0.3) is 0 Å². The summed E-state index contributed by atoms with van der Waals surface area (Å²) >= 11 is 3.25. The van der Waals surface area contributed by atoms with E-state index in [0.717, 1.165) is 4.47 Å². The Balaban J connectivity index is 1.96. The van der Waals surface area contributed by atoms with Gasteiger partial charge >= 0.3 is 5.97 Å². The average Bonchev–Trinajstić information content (AvgIpc) is 2.69. The summed E-state index contributed by atoms with van der Waals surface area (Å²) in [4.78, 5) is 24.1. The zero-order valence-electron chi connectivity index (χ0n) is 16.9. The molecule has 0 radical (unpaired) electrons. The highest BCUT2D eigenvalue weighted by Gasteiger charge is 2.29. The number of Topliss-reactive ketones (excluding diaryl/α,β-unsaturated/α-hetero) is 1. The number of halogens is 1. The van der Waals surface area contributed by atoms with Gasteiger partial charge in [0.2, 0.25) is 10.0 Å². The van der Waals surface area contributed by atoms with Gasteiger partial charge in [0.15, 0.2) is 5.78 Å². The SMILES string of the molecule is CC(=O)c1ccccc1OCCOC(=O)[C@@H](NS(=O)(=O)c1ccc(Br)cc1)C(C)C. The van der Waals surface area contributed by atoms with Crippen LogP contribution in [0.2, 0.25) is 0 Å². The van der Waals surface area contributed by atoms with E-state index in [4.69, 9.17) is 9.47 Å². The summed E-state index contributed by atoms with van der Waals surface area (Å²) in [5, 5.41) is 0. The van der Waals surface area contributed by atoms with Crippen molar-refractivity contribution >= 4 is 37.7 Å². The molecular formula is C21H24BrNO6S. The predicted molar refractivity (Wildman–Crippen MR) is 116 cm³/mol. The van der Waals surface area contributed by atoms with E-state index in [1.165, 1.54) is 19.1 Å². The van der Waals surface area contributed by atoms with Crippen molar-refractivity contribution in [2.45, 2.75) is 31.7 Å². The van der Waals surface area contributed by atoms with E-state index in [1.54, 1.807) is 50.2 Å². The van der Waals surface area contributed by atoms with Crippen molar-refractivity contribution in [1.29, 1.82) is 0 Å². The van der Waals surface area contributed by atoms with Crippen LogP contribution in [0.15, 0.2) is 57.9 Å². The smallest absolute Gasteiger partial charge is 0.324 e. The number of hydrogen-bond acceptors (Lipinski definition) is 6. The van der Waals surface area contributed by atoms with Gasteiger partial charge < -0.3 is 9.47 Å². The summed E-state index contributed by atoms with van der Waals surface area (Å²) in [6.07, 6.45) is 0. The summed E-state index contributed by atoms with van der Waals surface area (Å²) in [5.74, 6) is -0.765. The Kier molecular flexibility index (Phi) is 8.57. The number of ketones is 1. The van der Waals surface area contributed by atoms with Crippen molar-refractivity contribution in [1.82, 2.24) is 4.72 Å². The number of benzene rings is 2. The highest BCUT2D eigenvalue weighted by Crippen LogP contribution is 2.19. The number of carbonyl (C=O) groups is 2. The first-order chi connectivity index (χ1) is 14.1. The van der Waals surface area contributed by atoms with Crippen molar-refractivity contribution in [3.8, 4) is 5.75 Å². The van der Waals surface area contributed by atoms with Gasteiger partial charge in [-0.25, -0.2) is 8.42 Å². The molecule has 0 heterocycles. The van der Waals surface area contributed by atoms with Gasteiger partial charge in [0, 0.05) is 4.47 Å². The van der Waals surface area contributed by atoms with Crippen LogP contribution in [0.3, 0.4) is 0 Å². The van der Waals surface area contributed by atoms with Gasteiger partial charge in [-0.05, 0) is 49.2 Å². The van der Waals surface area contributed by atoms with E-state index in [0.29, 0.717) is 11.3 Å². The molecule has 0 aliphatic carbocycles. The third-order valence-electron chi connectivity index (χ3n) is 4.18. The first-order valence-electron chi connectivity index (χ1n) is 9.29. The fraction of sp³-hybridized carbons (Fsp3) is 0.333. The molecule has 0 unspecified atom stereocenters. The molecule has 0 aliphatic heterocycles. The molecule has 7 nitrogen and oxygen atoms in total. The first-order valence-corrected chi connectivity index (χ1v) is 11.6. The van der Waals surface area contributed by atoms with Gasteiger partial charge in [0.25, 0.3) is 0 Å². The predicted octanol–water partition coefficient (Wildman–Crippen LogP) is 3.58. The third-order valence-corrected chi connectivity index (χ3v) is 6.16. The molecule has 2 aromatic carbocycles. The summed E-state index contributed by atoms with van der Waals surface area (Å²) < 4.78 is 39.1. The molecule has 0 saturated carbocycles. The van der Waals surface area contributed by atoms with E-state index in [-0.39, 0.29) is 29.8 Å². The zero-order chi connectivity index (χ0) is 22.3. The second kappa shape index (κ2) is 10.7. The van der Waals surface area contributed by atoms with E-state index in [2.05, 4.69) is 20.7 Å². The molecule has 1 N–H and O–H groups in total. The van der Waals surface area contributed by atoms with Crippen molar-refractivity contribution in [2.75, 3.05) is 13.2 Å². The molecule has 2 aromatic rings. The van der Waals surface area contributed by atoms with Crippen LogP contribution >= 0.6 is 15.9 Å². The van der Waals surface area contributed by atoms with E-state index in [1.807, 2.05) is 0 Å². The average molecular weight is 498 g/mol. The lowest BCUT2D eigenvalue weighted by Gasteiger charge is -2.21. The second-order valence-corrected chi connectivity index (χ2v) is 9.49. The molecule has 30 heavy (non-hydrogen) atoms. The largest absolute Gasteiger partial charge is 0.489 e. The normalized spacial score (nSPS) is 12.4. The summed E-state index contributed by atoms with van der Waals surface area (Å²) in [6, 6.07) is 11.8. The molecule has 0 fully saturated rings. The molecule has 0 amide bonds. The van der Waals surface area contributed by atoms with Crippen LogP contribution in [-0.2, 0) is 19.6 Å². The van der Waals surface area contributed by atoms with Crippen LogP contribution in [0.5, 0.6) is 5.75 Å². The monoisotopic (exact) mass is 497 g/mol. The molecule has 0 aliphatic rings. The Bertz CT molecular complexity index is 989. The van der Waals surface area contributed by atoms with Gasteiger partial charge in [-0.2, -0.15) is 4.72 Å². The number of hydrogen-bond donors (Lipinski definition) is 1. The molecule has 162 valence electrons. The molecule has 0 saturated heterocycles. The molecule has 1 atom stereocenters. The van der Waals surface area contributed by atoms with Crippen molar-refractivity contribution in [3.63, 3.8) is 0 Å². The summed E-state index contributed by atoms with van der Waals surface area (Å²) in [7, 11) is -3.90. The fourth-order valence-electron chi connectivity index (χ4n) is 2.57. The van der Waals surface area contributed by atoms with Gasteiger partial charge in [0.1, 0.15) is 25.0 Å². The Labute approximate surface area is 185 Å². The van der Waals surface area contributed by atoms with Gasteiger partial charge in [-0.3, -0.25) is 9.59 Å². The highest BCUT2D eigenvalue weighted by molar-refractivity contribution is 9.10. The lowest BCUT2D eigenvalue weighted by molar-refractivity contribution is -0.147. The van der Waals surface area contributed by atoms with Crippen LogP contribution in [0.4, 0.5) is 0 Å². The third kappa shape index (κ3) is 6.65. The van der Waals surface area contributed by atoms with Crippen molar-refractivity contribution in [2.24, 2.45) is 5.92 Å². The molecule has 0 spiro atoms. The highest BCUT2D eigenvalue weighted by atomic mass is 79.9. The van der Waals surface area contributed by atoms with Gasteiger partial charge in [-0.15, -0.1) is 0 Å². The Morgan fingerprint density at radius 1 is 1.03 bits per heavy atom. The number of para-hydroxylation sites is 1. The number of esters is 1. The van der Waals surface area contributed by atoms with Crippen LogP contribution in [0, 0.1) is 5.92 Å². The number of ether oxygens (including phenoxy) is 2. The first kappa shape index (κ1) is 24.0. The van der Waals surface area contributed by atoms with Crippen LogP contribution in [-0.4, -0.2) is 39.4 Å². The van der Waals surface area contributed by atoms with Gasteiger partial charge in [0.05, 0.1) is 10.5 Å². The van der Waals surface area contributed by atoms with Crippen LogP contribution in [0.1, 0.15) is 31.1 Å². The second-order valence-electron chi connectivity index (χ2n) is 6.87. The maximum absolute atomic E-state index is 12.6. The minimum absolute atomic E-state index is 0.0281. The molecule has 2 rings (SSSR count). The number of carbonyl (C=O) groups excluding carboxylic acids is 2. The maximum Gasteiger partial charge on any atom is 0.324 e. The maximum atomic E-state index is 12.6. The zero-order valence-corrected chi connectivity index (χ0v) is 19.3. The summed E-state index contributed by atoms with van der Waals surface area (Å²) in [6.45, 7) is 4.81. The Morgan fingerprint density at radius 2 is 1.67 bits per heavy atom. The van der Waals surface area contributed by atoms with E-state index < -0.39 is 22.0 Å². The van der Waals surface area contributed by atoms with Crippen molar-refractivity contribution in [3.05, 3.63) is 58.6 Å². The minimum atomic E-state index is -3.90. The molecule has 9 heteroatoms. The minimum Gasteiger partial charge on any atom is -0.489 e.